The number of carbonyl (C=O) groups is 2. The molecule has 4 heteroatoms. The summed E-state index contributed by atoms with van der Waals surface area (Å²) in [6.07, 6.45) is 3.32. The first kappa shape index (κ1) is 10.5. The van der Waals surface area contributed by atoms with E-state index in [1.807, 2.05) is 0 Å². The predicted octanol–water partition coefficient (Wildman–Crippen LogP) is 1.44. The Hall–Kier alpha value is -1.06. The molecule has 0 saturated heterocycles. The minimum Gasteiger partial charge on any atom is -0.481 e. The molecule has 0 amide bonds. The van der Waals surface area contributed by atoms with E-state index >= 15 is 0 Å². The molecule has 15 heavy (non-hydrogen) atoms. The van der Waals surface area contributed by atoms with Crippen LogP contribution in [0.1, 0.15) is 32.6 Å². The number of esters is 1. The summed E-state index contributed by atoms with van der Waals surface area (Å²) in [4.78, 5) is 21.8. The van der Waals surface area contributed by atoms with Gasteiger partial charge in [-0.2, -0.15) is 0 Å². The number of carboxylic acid groups (broad SMARTS) is 1. The molecule has 0 radical (unpaired) electrons. The fourth-order valence-corrected chi connectivity index (χ4v) is 3.21. The van der Waals surface area contributed by atoms with Crippen molar-refractivity contribution in [3.05, 3.63) is 0 Å². The molecular weight excluding hydrogens is 196 g/mol. The van der Waals surface area contributed by atoms with Gasteiger partial charge in [0.25, 0.3) is 0 Å². The number of fused-ring (bicyclic) bond motifs is 1. The third-order valence-electron chi connectivity index (χ3n) is 3.77. The second-order valence-corrected chi connectivity index (χ2v) is 4.58. The molecule has 2 rings (SSSR count). The lowest BCUT2D eigenvalue weighted by molar-refractivity contribution is -0.148. The monoisotopic (exact) mass is 212 g/mol. The number of hydrogen-bond donors (Lipinski definition) is 1. The van der Waals surface area contributed by atoms with Gasteiger partial charge in [0.2, 0.25) is 0 Å². The third-order valence-corrected chi connectivity index (χ3v) is 3.77. The highest BCUT2D eigenvalue weighted by atomic mass is 16.5. The molecule has 2 fully saturated rings. The summed E-state index contributed by atoms with van der Waals surface area (Å²) in [5.41, 5.74) is 0. The van der Waals surface area contributed by atoms with Crippen LogP contribution in [0.15, 0.2) is 0 Å². The Morgan fingerprint density at radius 1 is 1.13 bits per heavy atom. The van der Waals surface area contributed by atoms with Gasteiger partial charge < -0.3 is 9.84 Å². The van der Waals surface area contributed by atoms with Gasteiger partial charge in [0.15, 0.2) is 0 Å². The fourth-order valence-electron chi connectivity index (χ4n) is 3.21. The van der Waals surface area contributed by atoms with E-state index in [-0.39, 0.29) is 29.8 Å². The number of carbonyl (C=O) groups excluding carboxylic acids is 1. The maximum atomic E-state index is 11.0. The standard InChI is InChI=1S/C11H16O4/c1-6(12)15-10-5-4-7-8(10)2-3-9(7)11(13)14/h7-10H,2-5H2,1H3,(H,13,14). The van der Waals surface area contributed by atoms with E-state index in [1.54, 1.807) is 0 Å². The van der Waals surface area contributed by atoms with Gasteiger partial charge in [0, 0.05) is 6.92 Å². The molecule has 1 N–H and O–H groups in total. The van der Waals surface area contributed by atoms with Crippen LogP contribution in [0.25, 0.3) is 0 Å². The summed E-state index contributed by atoms with van der Waals surface area (Å²) in [5, 5.41) is 9.02. The van der Waals surface area contributed by atoms with E-state index in [9.17, 15) is 9.59 Å². The Balaban J connectivity index is 2.02. The van der Waals surface area contributed by atoms with Crippen LogP contribution in [0, 0.1) is 17.8 Å². The van der Waals surface area contributed by atoms with Gasteiger partial charge in [-0.3, -0.25) is 9.59 Å². The maximum absolute atomic E-state index is 11.0. The normalized spacial score (nSPS) is 38.7. The van der Waals surface area contributed by atoms with Gasteiger partial charge in [-0.05, 0) is 37.5 Å². The molecule has 0 aromatic carbocycles. The van der Waals surface area contributed by atoms with Crippen molar-refractivity contribution in [3.8, 4) is 0 Å². The summed E-state index contributed by atoms with van der Waals surface area (Å²) in [7, 11) is 0. The molecule has 0 aliphatic heterocycles. The van der Waals surface area contributed by atoms with Gasteiger partial charge in [-0.15, -0.1) is 0 Å². The van der Waals surface area contributed by atoms with E-state index < -0.39 is 5.97 Å². The molecular formula is C11H16O4. The van der Waals surface area contributed by atoms with Crippen molar-refractivity contribution in [2.45, 2.75) is 38.7 Å². The van der Waals surface area contributed by atoms with Crippen molar-refractivity contribution in [1.29, 1.82) is 0 Å². The van der Waals surface area contributed by atoms with Crippen molar-refractivity contribution >= 4 is 11.9 Å². The summed E-state index contributed by atoms with van der Waals surface area (Å²) >= 11 is 0. The zero-order valence-electron chi connectivity index (χ0n) is 8.81. The molecule has 0 aromatic heterocycles. The first-order valence-electron chi connectivity index (χ1n) is 5.49. The van der Waals surface area contributed by atoms with Crippen molar-refractivity contribution in [2.75, 3.05) is 0 Å². The van der Waals surface area contributed by atoms with Gasteiger partial charge in [0.05, 0.1) is 5.92 Å². The number of carboxylic acids is 1. The van der Waals surface area contributed by atoms with Crippen LogP contribution in [0.4, 0.5) is 0 Å². The van der Waals surface area contributed by atoms with E-state index in [0.29, 0.717) is 0 Å². The van der Waals surface area contributed by atoms with Crippen LogP contribution in [0.2, 0.25) is 0 Å². The van der Waals surface area contributed by atoms with Gasteiger partial charge in [-0.1, -0.05) is 0 Å². The van der Waals surface area contributed by atoms with E-state index in [2.05, 4.69) is 0 Å². The first-order valence-corrected chi connectivity index (χ1v) is 5.49. The maximum Gasteiger partial charge on any atom is 0.306 e. The molecule has 2 saturated carbocycles. The zero-order chi connectivity index (χ0) is 11.0. The van der Waals surface area contributed by atoms with Gasteiger partial charge in [0.1, 0.15) is 6.10 Å². The third kappa shape index (κ3) is 1.85. The molecule has 4 nitrogen and oxygen atoms in total. The second-order valence-electron chi connectivity index (χ2n) is 4.58. The van der Waals surface area contributed by atoms with Gasteiger partial charge >= 0.3 is 11.9 Å². The van der Waals surface area contributed by atoms with Crippen molar-refractivity contribution in [2.24, 2.45) is 17.8 Å². The highest BCUT2D eigenvalue weighted by molar-refractivity contribution is 5.71. The Bertz CT molecular complexity index is 286. The Kier molecular flexibility index (Phi) is 2.67. The Morgan fingerprint density at radius 2 is 1.80 bits per heavy atom. The topological polar surface area (TPSA) is 63.6 Å². The first-order chi connectivity index (χ1) is 7.09. The van der Waals surface area contributed by atoms with Crippen LogP contribution >= 0.6 is 0 Å². The lowest BCUT2D eigenvalue weighted by Crippen LogP contribution is -2.24. The van der Waals surface area contributed by atoms with Crippen LogP contribution in [0.5, 0.6) is 0 Å². The quantitative estimate of drug-likeness (QED) is 0.703. The molecule has 0 spiro atoms. The number of aliphatic carboxylic acids is 1. The Morgan fingerprint density at radius 3 is 2.40 bits per heavy atom. The summed E-state index contributed by atoms with van der Waals surface area (Å²) in [6.45, 7) is 1.41. The SMILES string of the molecule is CC(=O)OC1CCC2C(C(=O)O)CCC12. The fraction of sp³-hybridized carbons (Fsp3) is 0.818. The van der Waals surface area contributed by atoms with Crippen LogP contribution in [0.3, 0.4) is 0 Å². The van der Waals surface area contributed by atoms with Crippen molar-refractivity contribution in [3.63, 3.8) is 0 Å². The summed E-state index contributed by atoms with van der Waals surface area (Å²) < 4.78 is 5.22. The molecule has 4 atom stereocenters. The average Bonchev–Trinajstić information content (AvgIpc) is 2.66. The second kappa shape index (κ2) is 3.83. The van der Waals surface area contributed by atoms with Crippen molar-refractivity contribution in [1.82, 2.24) is 0 Å². The smallest absolute Gasteiger partial charge is 0.306 e. The average molecular weight is 212 g/mol. The summed E-state index contributed by atoms with van der Waals surface area (Å²) in [5.74, 6) is -0.636. The van der Waals surface area contributed by atoms with Crippen LogP contribution < -0.4 is 0 Å². The molecule has 0 heterocycles. The van der Waals surface area contributed by atoms with E-state index in [1.165, 1.54) is 6.92 Å². The largest absolute Gasteiger partial charge is 0.481 e. The number of rotatable bonds is 2. The minimum atomic E-state index is -0.689. The molecule has 84 valence electrons. The van der Waals surface area contributed by atoms with Crippen molar-refractivity contribution < 1.29 is 19.4 Å². The zero-order valence-corrected chi connectivity index (χ0v) is 8.81. The Labute approximate surface area is 88.6 Å². The van der Waals surface area contributed by atoms with E-state index in [0.717, 1.165) is 25.7 Å². The number of ether oxygens (including phenoxy) is 1. The predicted molar refractivity (Wildman–Crippen MR) is 52.1 cm³/mol. The minimum absolute atomic E-state index is 0.0307. The number of hydrogen-bond acceptors (Lipinski definition) is 3. The molecule has 4 unspecified atom stereocenters. The molecule has 2 aliphatic carbocycles. The van der Waals surface area contributed by atoms with Crippen LogP contribution in [-0.2, 0) is 14.3 Å². The van der Waals surface area contributed by atoms with Gasteiger partial charge in [-0.25, -0.2) is 0 Å². The highest BCUT2D eigenvalue weighted by Gasteiger charge is 2.48. The molecule has 0 aromatic rings. The highest BCUT2D eigenvalue weighted by Crippen LogP contribution is 2.48. The summed E-state index contributed by atoms with van der Waals surface area (Å²) in [6, 6.07) is 0. The van der Waals surface area contributed by atoms with E-state index in [4.69, 9.17) is 9.84 Å². The lowest BCUT2D eigenvalue weighted by Gasteiger charge is -2.18. The molecule has 0 bridgehead atoms. The lowest BCUT2D eigenvalue weighted by atomic mass is 9.92. The van der Waals surface area contributed by atoms with Crippen LogP contribution in [-0.4, -0.2) is 23.1 Å². The molecule has 2 aliphatic rings.